The molecule has 0 aliphatic carbocycles. The zero-order valence-corrected chi connectivity index (χ0v) is 17.9. The Morgan fingerprint density at radius 1 is 0.879 bits per heavy atom. The summed E-state index contributed by atoms with van der Waals surface area (Å²) < 4.78 is 7.91. The third-order valence-corrected chi connectivity index (χ3v) is 5.75. The highest BCUT2D eigenvalue weighted by atomic mass is 16.5. The topological polar surface area (TPSA) is 85.9 Å². The lowest BCUT2D eigenvalue weighted by Gasteiger charge is -2.24. The van der Waals surface area contributed by atoms with E-state index in [2.05, 4.69) is 5.10 Å². The molecule has 2 aromatic heterocycles. The normalized spacial score (nSPS) is 12.7. The van der Waals surface area contributed by atoms with E-state index >= 15 is 0 Å². The third-order valence-electron chi connectivity index (χ3n) is 5.75. The highest BCUT2D eigenvalue weighted by Gasteiger charge is 2.26. The van der Waals surface area contributed by atoms with Crippen molar-refractivity contribution in [3.05, 3.63) is 94.5 Å². The third kappa shape index (κ3) is 4.03. The first-order valence-corrected chi connectivity index (χ1v) is 10.8. The van der Waals surface area contributed by atoms with Crippen molar-refractivity contribution in [2.45, 2.75) is 25.8 Å². The van der Waals surface area contributed by atoms with Crippen LogP contribution >= 0.6 is 0 Å². The quantitative estimate of drug-likeness (QED) is 0.444. The fourth-order valence-corrected chi connectivity index (χ4v) is 4.14. The Balaban J connectivity index is 1.28. The van der Waals surface area contributed by atoms with Crippen molar-refractivity contribution in [3.8, 4) is 0 Å². The van der Waals surface area contributed by atoms with Gasteiger partial charge >= 0.3 is 11.7 Å². The van der Waals surface area contributed by atoms with Crippen LogP contribution in [0.2, 0.25) is 0 Å². The molecule has 8 nitrogen and oxygen atoms in total. The summed E-state index contributed by atoms with van der Waals surface area (Å²) in [5.74, 6) is -0.890. The van der Waals surface area contributed by atoms with Crippen LogP contribution in [0.1, 0.15) is 17.5 Å². The number of nitrogens with zero attached hydrogens (tertiary/aromatic N) is 4. The van der Waals surface area contributed by atoms with Gasteiger partial charge in [0, 0.05) is 6.20 Å². The summed E-state index contributed by atoms with van der Waals surface area (Å²) in [6, 6.07) is 20.8. The SMILES string of the molecule is O=C(CCn1nc2ccccn2c1=O)OCC(=O)N1c2ccccc2CCc2ccccc21. The van der Waals surface area contributed by atoms with Gasteiger partial charge in [0.25, 0.3) is 5.91 Å². The Labute approximate surface area is 189 Å². The van der Waals surface area contributed by atoms with Gasteiger partial charge in [0.05, 0.1) is 24.3 Å². The summed E-state index contributed by atoms with van der Waals surface area (Å²) in [5.41, 5.74) is 3.93. The van der Waals surface area contributed by atoms with Crippen LogP contribution in [0.15, 0.2) is 77.7 Å². The molecule has 0 saturated carbocycles. The van der Waals surface area contributed by atoms with E-state index in [4.69, 9.17) is 4.74 Å². The van der Waals surface area contributed by atoms with E-state index < -0.39 is 5.97 Å². The van der Waals surface area contributed by atoms with Gasteiger partial charge in [-0.3, -0.25) is 18.9 Å². The molecule has 0 radical (unpaired) electrons. The zero-order chi connectivity index (χ0) is 22.8. The Kier molecular flexibility index (Phi) is 5.48. The van der Waals surface area contributed by atoms with Crippen LogP contribution in [0.5, 0.6) is 0 Å². The van der Waals surface area contributed by atoms with Gasteiger partial charge in [-0.15, -0.1) is 5.10 Å². The fraction of sp³-hybridized carbons (Fsp3) is 0.200. The molecular weight excluding hydrogens is 420 g/mol. The van der Waals surface area contributed by atoms with Crippen molar-refractivity contribution >= 4 is 28.9 Å². The van der Waals surface area contributed by atoms with Crippen molar-refractivity contribution < 1.29 is 14.3 Å². The van der Waals surface area contributed by atoms with Gasteiger partial charge in [-0.1, -0.05) is 42.5 Å². The molecule has 1 aliphatic rings. The van der Waals surface area contributed by atoms with E-state index in [1.807, 2.05) is 48.5 Å². The first kappa shape index (κ1) is 20.7. The van der Waals surface area contributed by atoms with Gasteiger partial charge < -0.3 is 4.74 Å². The highest BCUT2D eigenvalue weighted by molar-refractivity contribution is 6.03. The van der Waals surface area contributed by atoms with Crippen molar-refractivity contribution in [2.24, 2.45) is 0 Å². The molecule has 2 aromatic carbocycles. The maximum atomic E-state index is 13.2. The molecule has 1 aliphatic heterocycles. The average molecular weight is 442 g/mol. The van der Waals surface area contributed by atoms with Crippen molar-refractivity contribution in [3.63, 3.8) is 0 Å². The summed E-state index contributed by atoms with van der Waals surface area (Å²) in [5, 5.41) is 4.20. The lowest BCUT2D eigenvalue weighted by atomic mass is 10.0. The molecule has 0 saturated heterocycles. The van der Waals surface area contributed by atoms with E-state index in [9.17, 15) is 14.4 Å². The summed E-state index contributed by atoms with van der Waals surface area (Å²) in [4.78, 5) is 39.5. The number of fused-ring (bicyclic) bond motifs is 3. The van der Waals surface area contributed by atoms with E-state index in [-0.39, 0.29) is 31.2 Å². The summed E-state index contributed by atoms with van der Waals surface area (Å²) >= 11 is 0. The number of ether oxygens (including phenoxy) is 1. The molecule has 0 spiro atoms. The Bertz CT molecular complexity index is 1360. The maximum Gasteiger partial charge on any atom is 0.350 e. The number of carbonyl (C=O) groups excluding carboxylic acids is 2. The Morgan fingerprint density at radius 2 is 1.52 bits per heavy atom. The van der Waals surface area contributed by atoms with Gasteiger partial charge in [0.2, 0.25) is 0 Å². The number of benzene rings is 2. The summed E-state index contributed by atoms with van der Waals surface area (Å²) in [7, 11) is 0. The highest BCUT2D eigenvalue weighted by Crippen LogP contribution is 2.35. The van der Waals surface area contributed by atoms with Gasteiger partial charge in [0.15, 0.2) is 12.3 Å². The van der Waals surface area contributed by atoms with Crippen LogP contribution < -0.4 is 10.6 Å². The zero-order valence-electron chi connectivity index (χ0n) is 17.9. The van der Waals surface area contributed by atoms with Crippen LogP contribution in [-0.4, -0.2) is 32.7 Å². The number of hydrogen-bond donors (Lipinski definition) is 0. The molecule has 4 aromatic rings. The summed E-state index contributed by atoms with van der Waals surface area (Å²) in [6.45, 7) is -0.315. The minimum atomic E-state index is -0.566. The van der Waals surface area contributed by atoms with E-state index in [1.165, 1.54) is 9.08 Å². The van der Waals surface area contributed by atoms with Crippen molar-refractivity contribution in [2.75, 3.05) is 11.5 Å². The molecule has 0 fully saturated rings. The number of para-hydroxylation sites is 2. The minimum absolute atomic E-state index is 0.0652. The van der Waals surface area contributed by atoms with Crippen LogP contribution in [0.3, 0.4) is 0 Å². The van der Waals surface area contributed by atoms with Gasteiger partial charge in [-0.05, 0) is 48.2 Å². The first-order chi connectivity index (χ1) is 16.1. The number of pyridine rings is 1. The molecular formula is C25H22N4O4. The number of rotatable bonds is 5. The number of hydrogen-bond acceptors (Lipinski definition) is 5. The standard InChI is InChI=1S/C25H22N4O4/c30-23(17-33-24(31)14-16-28-25(32)27-15-6-5-11-22(27)26-28)29-20-9-3-1-7-18(20)12-13-19-8-2-4-10-21(19)29/h1-11,15H,12-14,16-17H2. The van der Waals surface area contributed by atoms with Crippen LogP contribution in [0.4, 0.5) is 11.4 Å². The number of carbonyl (C=O) groups is 2. The van der Waals surface area contributed by atoms with E-state index in [0.29, 0.717) is 5.65 Å². The fourth-order valence-electron chi connectivity index (χ4n) is 4.14. The molecule has 8 heteroatoms. The predicted molar refractivity (Wildman–Crippen MR) is 122 cm³/mol. The largest absolute Gasteiger partial charge is 0.455 e. The predicted octanol–water partition coefficient (Wildman–Crippen LogP) is 2.89. The van der Waals surface area contributed by atoms with Gasteiger partial charge in [-0.25, -0.2) is 9.48 Å². The second kappa shape index (κ2) is 8.74. The van der Waals surface area contributed by atoms with E-state index in [1.54, 1.807) is 29.3 Å². The van der Waals surface area contributed by atoms with Crippen LogP contribution in [0.25, 0.3) is 5.65 Å². The van der Waals surface area contributed by atoms with Crippen LogP contribution in [-0.2, 0) is 33.7 Å². The lowest BCUT2D eigenvalue weighted by Crippen LogP contribution is -2.31. The number of anilines is 2. The Morgan fingerprint density at radius 3 is 2.18 bits per heavy atom. The molecule has 33 heavy (non-hydrogen) atoms. The number of esters is 1. The number of aryl methyl sites for hydroxylation is 3. The maximum absolute atomic E-state index is 13.2. The lowest BCUT2D eigenvalue weighted by molar-refractivity contribution is -0.147. The van der Waals surface area contributed by atoms with Gasteiger partial charge in [0.1, 0.15) is 0 Å². The van der Waals surface area contributed by atoms with Crippen LogP contribution in [0, 0.1) is 0 Å². The Hall–Kier alpha value is -4.20. The molecule has 1 amide bonds. The molecule has 0 N–H and O–H groups in total. The first-order valence-electron chi connectivity index (χ1n) is 10.8. The average Bonchev–Trinajstić information content (AvgIpc) is 3.06. The molecule has 0 unspecified atom stereocenters. The molecule has 166 valence electrons. The minimum Gasteiger partial charge on any atom is -0.455 e. The second-order valence-corrected chi connectivity index (χ2v) is 7.83. The van der Waals surface area contributed by atoms with Crippen molar-refractivity contribution in [1.29, 1.82) is 0 Å². The molecule has 0 atom stereocenters. The smallest absolute Gasteiger partial charge is 0.350 e. The second-order valence-electron chi connectivity index (χ2n) is 7.83. The van der Waals surface area contributed by atoms with Gasteiger partial charge in [-0.2, -0.15) is 0 Å². The van der Waals surface area contributed by atoms with E-state index in [0.717, 1.165) is 35.3 Å². The molecule has 5 rings (SSSR count). The summed E-state index contributed by atoms with van der Waals surface area (Å²) in [6.07, 6.45) is 3.20. The van der Waals surface area contributed by atoms with Crippen molar-refractivity contribution in [1.82, 2.24) is 14.2 Å². The number of amides is 1. The molecule has 3 heterocycles. The number of aromatic nitrogens is 3. The molecule has 0 bridgehead atoms. The monoisotopic (exact) mass is 442 g/mol.